The SMILES string of the molecule is NC[C@@H]1CCN(c2cnn(CCCCOC(=O)c3ccccc3)c(=O)c2)C1. The molecule has 0 bridgehead atoms. The van der Waals surface area contributed by atoms with E-state index >= 15 is 0 Å². The highest BCUT2D eigenvalue weighted by Gasteiger charge is 2.22. The second kappa shape index (κ2) is 9.32. The van der Waals surface area contributed by atoms with Gasteiger partial charge in [0.15, 0.2) is 0 Å². The minimum Gasteiger partial charge on any atom is -0.462 e. The third-order valence-electron chi connectivity index (χ3n) is 4.85. The standard InChI is InChI=1S/C20H26N4O3/c21-13-16-8-10-23(15-16)18-12-19(25)24(22-14-18)9-4-5-11-27-20(26)17-6-2-1-3-7-17/h1-3,6-7,12,14,16H,4-5,8-11,13,15,21H2/t16-/m0/s1. The van der Waals surface area contributed by atoms with Crippen LogP contribution in [0.4, 0.5) is 5.69 Å². The number of rotatable bonds is 8. The Labute approximate surface area is 158 Å². The maximum atomic E-state index is 12.3. The molecule has 1 aliphatic heterocycles. The molecule has 2 heterocycles. The van der Waals surface area contributed by atoms with Crippen molar-refractivity contribution in [1.29, 1.82) is 0 Å². The van der Waals surface area contributed by atoms with E-state index < -0.39 is 0 Å². The smallest absolute Gasteiger partial charge is 0.338 e. The maximum absolute atomic E-state index is 12.3. The van der Waals surface area contributed by atoms with Crippen molar-refractivity contribution in [3.63, 3.8) is 0 Å². The van der Waals surface area contributed by atoms with E-state index in [1.165, 1.54) is 4.68 Å². The first-order valence-corrected chi connectivity index (χ1v) is 9.41. The minimum atomic E-state index is -0.323. The second-order valence-corrected chi connectivity index (χ2v) is 6.82. The highest BCUT2D eigenvalue weighted by atomic mass is 16.5. The fourth-order valence-electron chi connectivity index (χ4n) is 3.21. The number of carbonyl (C=O) groups is 1. The van der Waals surface area contributed by atoms with Gasteiger partial charge in [0.25, 0.3) is 5.56 Å². The zero-order chi connectivity index (χ0) is 19.1. The first-order valence-electron chi connectivity index (χ1n) is 9.41. The van der Waals surface area contributed by atoms with Crippen molar-refractivity contribution in [1.82, 2.24) is 9.78 Å². The molecule has 27 heavy (non-hydrogen) atoms. The zero-order valence-corrected chi connectivity index (χ0v) is 15.4. The van der Waals surface area contributed by atoms with Crippen molar-refractivity contribution in [3.05, 3.63) is 58.5 Å². The van der Waals surface area contributed by atoms with E-state index in [0.717, 1.165) is 25.2 Å². The molecule has 1 aromatic carbocycles. The molecule has 0 aliphatic carbocycles. The second-order valence-electron chi connectivity index (χ2n) is 6.82. The molecule has 7 nitrogen and oxygen atoms in total. The van der Waals surface area contributed by atoms with Crippen LogP contribution in [0.25, 0.3) is 0 Å². The number of aryl methyl sites for hydroxylation is 1. The molecule has 1 fully saturated rings. The number of benzene rings is 1. The summed E-state index contributed by atoms with van der Waals surface area (Å²) >= 11 is 0. The van der Waals surface area contributed by atoms with Gasteiger partial charge >= 0.3 is 5.97 Å². The summed E-state index contributed by atoms with van der Waals surface area (Å²) in [4.78, 5) is 26.3. The van der Waals surface area contributed by atoms with Gasteiger partial charge in [-0.15, -0.1) is 0 Å². The van der Waals surface area contributed by atoms with Gasteiger partial charge in [-0.25, -0.2) is 9.48 Å². The molecule has 1 saturated heterocycles. The fourth-order valence-corrected chi connectivity index (χ4v) is 3.21. The summed E-state index contributed by atoms with van der Waals surface area (Å²) in [5, 5.41) is 4.28. The molecule has 0 radical (unpaired) electrons. The molecule has 2 N–H and O–H groups in total. The Morgan fingerprint density at radius 1 is 1.26 bits per heavy atom. The summed E-state index contributed by atoms with van der Waals surface area (Å²) in [6, 6.07) is 10.6. The van der Waals surface area contributed by atoms with Crippen molar-refractivity contribution in [2.75, 3.05) is 31.1 Å². The lowest BCUT2D eigenvalue weighted by atomic mass is 10.1. The molecule has 0 amide bonds. The Bertz CT molecular complexity index is 806. The van der Waals surface area contributed by atoms with Crippen LogP contribution in [0.15, 0.2) is 47.4 Å². The van der Waals surface area contributed by atoms with Crippen molar-refractivity contribution in [2.45, 2.75) is 25.8 Å². The van der Waals surface area contributed by atoms with Crippen LogP contribution in [0.3, 0.4) is 0 Å². The summed E-state index contributed by atoms with van der Waals surface area (Å²) in [6.07, 6.45) is 4.20. The minimum absolute atomic E-state index is 0.107. The van der Waals surface area contributed by atoms with E-state index in [1.807, 2.05) is 6.07 Å². The summed E-state index contributed by atoms with van der Waals surface area (Å²) < 4.78 is 6.70. The number of carbonyl (C=O) groups excluding carboxylic acids is 1. The van der Waals surface area contributed by atoms with Crippen LogP contribution in [-0.2, 0) is 11.3 Å². The lowest BCUT2D eigenvalue weighted by Gasteiger charge is -2.18. The first-order chi connectivity index (χ1) is 13.2. The van der Waals surface area contributed by atoms with Gasteiger partial charge in [0.05, 0.1) is 24.1 Å². The molecule has 1 aromatic heterocycles. The molecule has 0 saturated carbocycles. The number of ether oxygens (including phenoxy) is 1. The van der Waals surface area contributed by atoms with Crippen LogP contribution in [0.5, 0.6) is 0 Å². The monoisotopic (exact) mass is 370 g/mol. The number of aromatic nitrogens is 2. The number of nitrogens with two attached hydrogens (primary N) is 1. The number of hydrogen-bond donors (Lipinski definition) is 1. The summed E-state index contributed by atoms with van der Waals surface area (Å²) in [6.45, 7) is 3.31. The first kappa shape index (κ1) is 19.1. The van der Waals surface area contributed by atoms with Gasteiger partial charge < -0.3 is 15.4 Å². The van der Waals surface area contributed by atoms with Gasteiger partial charge in [-0.2, -0.15) is 5.10 Å². The van der Waals surface area contributed by atoms with Crippen molar-refractivity contribution < 1.29 is 9.53 Å². The van der Waals surface area contributed by atoms with Crippen LogP contribution in [0.2, 0.25) is 0 Å². The van der Waals surface area contributed by atoms with E-state index in [0.29, 0.717) is 44.0 Å². The quantitative estimate of drug-likeness (QED) is 0.561. The Hall–Kier alpha value is -2.67. The van der Waals surface area contributed by atoms with E-state index in [2.05, 4.69) is 10.00 Å². The zero-order valence-electron chi connectivity index (χ0n) is 15.4. The van der Waals surface area contributed by atoms with Gasteiger partial charge in [-0.3, -0.25) is 4.79 Å². The largest absolute Gasteiger partial charge is 0.462 e. The molecule has 0 unspecified atom stereocenters. The van der Waals surface area contributed by atoms with E-state index in [4.69, 9.17) is 10.5 Å². The Kier molecular flexibility index (Phi) is 6.59. The van der Waals surface area contributed by atoms with Crippen LogP contribution in [-0.4, -0.2) is 42.0 Å². The van der Waals surface area contributed by atoms with E-state index in [1.54, 1.807) is 36.5 Å². The summed E-state index contributed by atoms with van der Waals surface area (Å²) in [5.41, 5.74) is 7.02. The molecule has 2 aromatic rings. The molecule has 1 atom stereocenters. The van der Waals surface area contributed by atoms with Crippen LogP contribution in [0, 0.1) is 5.92 Å². The predicted octanol–water partition coefficient (Wildman–Crippen LogP) is 1.67. The third-order valence-corrected chi connectivity index (χ3v) is 4.85. The fraction of sp³-hybridized carbons (Fsp3) is 0.450. The number of unbranched alkanes of at least 4 members (excludes halogenated alkanes) is 1. The summed E-state index contributed by atoms with van der Waals surface area (Å²) in [7, 11) is 0. The Morgan fingerprint density at radius 2 is 2.07 bits per heavy atom. The molecular formula is C20H26N4O3. The molecule has 144 valence electrons. The Morgan fingerprint density at radius 3 is 2.78 bits per heavy atom. The van der Waals surface area contributed by atoms with Gasteiger partial charge in [0.2, 0.25) is 0 Å². The van der Waals surface area contributed by atoms with Crippen LogP contribution < -0.4 is 16.2 Å². The van der Waals surface area contributed by atoms with Crippen LogP contribution >= 0.6 is 0 Å². The van der Waals surface area contributed by atoms with Gasteiger partial charge in [-0.1, -0.05) is 18.2 Å². The molecule has 1 aliphatic rings. The average molecular weight is 370 g/mol. The highest BCUT2D eigenvalue weighted by molar-refractivity contribution is 5.89. The average Bonchev–Trinajstić information content (AvgIpc) is 3.18. The van der Waals surface area contributed by atoms with Gasteiger partial charge in [0, 0.05) is 25.7 Å². The number of anilines is 1. The maximum Gasteiger partial charge on any atom is 0.338 e. The van der Waals surface area contributed by atoms with Crippen molar-refractivity contribution in [3.8, 4) is 0 Å². The van der Waals surface area contributed by atoms with Gasteiger partial charge in [0.1, 0.15) is 0 Å². The van der Waals surface area contributed by atoms with Crippen molar-refractivity contribution >= 4 is 11.7 Å². The van der Waals surface area contributed by atoms with E-state index in [-0.39, 0.29) is 11.5 Å². The third kappa shape index (κ3) is 5.17. The topological polar surface area (TPSA) is 90.4 Å². The van der Waals surface area contributed by atoms with Crippen LogP contribution in [0.1, 0.15) is 29.6 Å². The van der Waals surface area contributed by atoms with Crippen molar-refractivity contribution in [2.24, 2.45) is 11.7 Å². The molecule has 7 heteroatoms. The Balaban J connectivity index is 1.42. The molecule has 0 spiro atoms. The molecular weight excluding hydrogens is 344 g/mol. The summed E-state index contributed by atoms with van der Waals surface area (Å²) in [5.74, 6) is 0.169. The highest BCUT2D eigenvalue weighted by Crippen LogP contribution is 2.21. The lowest BCUT2D eigenvalue weighted by Crippen LogP contribution is -2.27. The number of esters is 1. The number of nitrogens with zero attached hydrogens (tertiary/aromatic N) is 3. The predicted molar refractivity (Wildman–Crippen MR) is 104 cm³/mol. The number of hydrogen-bond acceptors (Lipinski definition) is 6. The molecule has 3 rings (SSSR count). The lowest BCUT2D eigenvalue weighted by molar-refractivity contribution is 0.0497. The van der Waals surface area contributed by atoms with Gasteiger partial charge in [-0.05, 0) is 43.9 Å². The normalized spacial score (nSPS) is 16.5. The van der Waals surface area contributed by atoms with E-state index in [9.17, 15) is 9.59 Å².